The lowest BCUT2D eigenvalue weighted by Gasteiger charge is -2.23. The van der Waals surface area contributed by atoms with Crippen molar-refractivity contribution in [1.29, 1.82) is 0 Å². The van der Waals surface area contributed by atoms with Crippen LogP contribution in [0.3, 0.4) is 0 Å². The van der Waals surface area contributed by atoms with Gasteiger partial charge in [0.05, 0.1) is 68.8 Å². The molecule has 0 saturated heterocycles. The highest BCUT2D eigenvalue weighted by atomic mass is 16.5. The predicted molar refractivity (Wildman–Crippen MR) is 222 cm³/mol. The number of hydrogen-bond acceptors (Lipinski definition) is 8. The second-order valence-corrected chi connectivity index (χ2v) is 14.2. The average Bonchev–Trinajstić information content (AvgIpc) is 3.88. The Bertz CT molecular complexity index is 2430. The van der Waals surface area contributed by atoms with E-state index in [1.807, 2.05) is 24.5 Å². The highest BCUT2D eigenvalue weighted by Crippen LogP contribution is 2.45. The standard InChI is InChI=1S/C44H46N8O2/c1-3-5-7-9-23-53-33-25-32(44-51-41-29-17-13-21-47-37(29)38-30(42(41)52-44)18-14-22-48-38)34(54-24-10-8-6-4-2)26-31(33)43-49-39-27-15-11-19-45-35(27)36-28(40(39)50-43)16-12-20-46-36/h11-20,25-26,47-48H,3-10,21-24H2,1-2H3,(H,49,50)(H,51,52). The minimum absolute atomic E-state index is 0.595. The summed E-state index contributed by atoms with van der Waals surface area (Å²) in [6.45, 7) is 7.22. The van der Waals surface area contributed by atoms with E-state index in [-0.39, 0.29) is 0 Å². The van der Waals surface area contributed by atoms with Crippen LogP contribution in [0.5, 0.6) is 11.5 Å². The van der Waals surface area contributed by atoms with E-state index in [2.05, 4.69) is 83.0 Å². The van der Waals surface area contributed by atoms with Crippen molar-refractivity contribution in [2.24, 2.45) is 0 Å². The molecule has 0 saturated carbocycles. The smallest absolute Gasteiger partial charge is 0.142 e. The largest absolute Gasteiger partial charge is 0.493 e. The molecule has 0 radical (unpaired) electrons. The summed E-state index contributed by atoms with van der Waals surface area (Å²) in [6.07, 6.45) is 21.2. The molecule has 9 rings (SSSR count). The van der Waals surface area contributed by atoms with E-state index in [0.717, 1.165) is 134 Å². The lowest BCUT2D eigenvalue weighted by molar-refractivity contribution is 0.298. The molecule has 0 unspecified atom stereocenters. The van der Waals surface area contributed by atoms with Crippen molar-refractivity contribution in [3.05, 3.63) is 72.1 Å². The number of aromatic nitrogens is 6. The third-order valence-electron chi connectivity index (χ3n) is 10.6. The second kappa shape index (κ2) is 14.9. The van der Waals surface area contributed by atoms with E-state index in [4.69, 9.17) is 29.4 Å². The van der Waals surface area contributed by atoms with E-state index in [1.165, 1.54) is 25.7 Å². The summed E-state index contributed by atoms with van der Waals surface area (Å²) >= 11 is 0. The van der Waals surface area contributed by atoms with Crippen molar-refractivity contribution in [2.45, 2.75) is 65.2 Å². The van der Waals surface area contributed by atoms with E-state index in [9.17, 15) is 0 Å². The van der Waals surface area contributed by atoms with Gasteiger partial charge in [-0.05, 0) is 49.2 Å². The van der Waals surface area contributed by atoms with Gasteiger partial charge in [0.1, 0.15) is 23.1 Å². The van der Waals surface area contributed by atoms with Crippen LogP contribution in [0.1, 0.15) is 76.3 Å². The monoisotopic (exact) mass is 718 g/mol. The fourth-order valence-corrected chi connectivity index (χ4v) is 7.84. The predicted octanol–water partition coefficient (Wildman–Crippen LogP) is 10.7. The number of rotatable bonds is 14. The summed E-state index contributed by atoms with van der Waals surface area (Å²) in [7, 11) is 0. The number of H-pyrrole nitrogens is 2. The zero-order chi connectivity index (χ0) is 36.4. The summed E-state index contributed by atoms with van der Waals surface area (Å²) in [5, 5.41) is 9.12. The Labute approximate surface area is 314 Å². The van der Waals surface area contributed by atoms with Gasteiger partial charge < -0.3 is 30.1 Å². The Morgan fingerprint density at radius 2 is 1.15 bits per heavy atom. The Hall–Kier alpha value is -5.90. The summed E-state index contributed by atoms with van der Waals surface area (Å²) in [5.74, 6) is 2.92. The Morgan fingerprint density at radius 1 is 0.593 bits per heavy atom. The quantitative estimate of drug-likeness (QED) is 0.0647. The number of nitrogens with zero attached hydrogens (tertiary/aromatic N) is 4. The molecule has 0 aliphatic carbocycles. The molecule has 0 amide bonds. The summed E-state index contributed by atoms with van der Waals surface area (Å²) in [6, 6.07) is 12.2. The normalized spacial score (nSPS) is 13.4. The lowest BCUT2D eigenvalue weighted by Crippen LogP contribution is -2.13. The number of nitrogens with one attached hydrogen (secondary N) is 4. The van der Waals surface area contributed by atoms with Gasteiger partial charge in [-0.1, -0.05) is 76.7 Å². The molecule has 2 aliphatic rings. The highest BCUT2D eigenvalue weighted by Gasteiger charge is 2.26. The van der Waals surface area contributed by atoms with Gasteiger partial charge in [0.2, 0.25) is 0 Å². The van der Waals surface area contributed by atoms with Crippen LogP contribution in [0.15, 0.2) is 60.9 Å². The molecule has 10 heteroatoms. The first-order chi connectivity index (χ1) is 26.7. The maximum Gasteiger partial charge on any atom is 0.142 e. The van der Waals surface area contributed by atoms with Crippen molar-refractivity contribution in [2.75, 3.05) is 36.9 Å². The highest BCUT2D eigenvalue weighted by molar-refractivity contribution is 6.21. The van der Waals surface area contributed by atoms with Crippen LogP contribution in [-0.2, 0) is 0 Å². The van der Waals surface area contributed by atoms with Crippen LogP contribution in [0.4, 0.5) is 11.4 Å². The number of benzene rings is 3. The van der Waals surface area contributed by atoms with Crippen molar-refractivity contribution < 1.29 is 9.47 Å². The fraction of sp³-hybridized carbons (Fsp3) is 0.318. The molecule has 0 atom stereocenters. The first kappa shape index (κ1) is 33.9. The summed E-state index contributed by atoms with van der Waals surface area (Å²) < 4.78 is 13.4. The van der Waals surface area contributed by atoms with Crippen molar-refractivity contribution in [3.63, 3.8) is 0 Å². The molecular weight excluding hydrogens is 673 g/mol. The number of anilines is 2. The molecule has 10 nitrogen and oxygen atoms in total. The zero-order valence-electron chi connectivity index (χ0n) is 31.0. The molecule has 2 aliphatic heterocycles. The van der Waals surface area contributed by atoms with E-state index in [0.29, 0.717) is 19.0 Å². The Balaban J connectivity index is 1.23. The van der Waals surface area contributed by atoms with Gasteiger partial charge >= 0.3 is 0 Å². The van der Waals surface area contributed by atoms with Gasteiger partial charge in [0, 0.05) is 47.4 Å². The fourth-order valence-electron chi connectivity index (χ4n) is 7.84. The minimum Gasteiger partial charge on any atom is -0.493 e. The van der Waals surface area contributed by atoms with Gasteiger partial charge in [0.25, 0.3) is 0 Å². The maximum absolute atomic E-state index is 6.72. The number of imidazole rings is 2. The summed E-state index contributed by atoms with van der Waals surface area (Å²) in [5.41, 5.74) is 11.5. The third-order valence-corrected chi connectivity index (χ3v) is 10.6. The van der Waals surface area contributed by atoms with Crippen LogP contribution in [0.25, 0.3) is 78.8 Å². The van der Waals surface area contributed by atoms with Crippen molar-refractivity contribution in [3.8, 4) is 34.3 Å². The van der Waals surface area contributed by atoms with Crippen LogP contribution in [0, 0.1) is 0 Å². The number of ether oxygens (including phenoxy) is 2. The van der Waals surface area contributed by atoms with Crippen LogP contribution >= 0.6 is 0 Å². The third kappa shape index (κ3) is 6.09. The number of hydrogen-bond donors (Lipinski definition) is 4. The first-order valence-electron chi connectivity index (χ1n) is 19.6. The molecule has 274 valence electrons. The van der Waals surface area contributed by atoms with Crippen LogP contribution < -0.4 is 20.1 Å². The van der Waals surface area contributed by atoms with Gasteiger partial charge in [0.15, 0.2) is 0 Å². The van der Waals surface area contributed by atoms with Gasteiger partial charge in [-0.25, -0.2) is 9.97 Å². The van der Waals surface area contributed by atoms with Crippen molar-refractivity contribution >= 4 is 67.4 Å². The topological polar surface area (TPSA) is 126 Å². The van der Waals surface area contributed by atoms with Gasteiger partial charge in [-0.2, -0.15) is 0 Å². The molecule has 54 heavy (non-hydrogen) atoms. The molecule has 4 N–H and O–H groups in total. The van der Waals surface area contributed by atoms with Crippen molar-refractivity contribution in [1.82, 2.24) is 29.9 Å². The lowest BCUT2D eigenvalue weighted by atomic mass is 9.98. The zero-order valence-corrected chi connectivity index (χ0v) is 31.0. The summed E-state index contributed by atoms with van der Waals surface area (Å²) in [4.78, 5) is 27.5. The van der Waals surface area contributed by atoms with Crippen LogP contribution in [-0.4, -0.2) is 56.2 Å². The SMILES string of the molecule is CCCCCCOc1cc(-c2nc3c4cccnc4c4ncccc4c3[nH]2)c(OCCCCCC)cc1-c1nc2c3c(c4c(c2[nH]1)C=CCN4)NCC=C3. The molecular formula is C44H46N8O2. The molecule has 0 fully saturated rings. The Kier molecular flexibility index (Phi) is 9.32. The molecule has 7 aromatic rings. The Morgan fingerprint density at radius 3 is 1.80 bits per heavy atom. The maximum atomic E-state index is 6.72. The number of aromatic amines is 2. The molecule has 0 bridgehead atoms. The number of pyridine rings is 2. The van der Waals surface area contributed by atoms with Gasteiger partial charge in [-0.3, -0.25) is 9.97 Å². The first-order valence-corrected chi connectivity index (χ1v) is 19.6. The average molecular weight is 719 g/mol. The second-order valence-electron chi connectivity index (χ2n) is 14.2. The molecule has 4 aromatic heterocycles. The molecule has 3 aromatic carbocycles. The van der Waals surface area contributed by atoms with E-state index in [1.54, 1.807) is 0 Å². The molecule has 6 heterocycles. The minimum atomic E-state index is 0.595. The van der Waals surface area contributed by atoms with Gasteiger partial charge in [-0.15, -0.1) is 0 Å². The number of unbranched alkanes of at least 4 members (excludes halogenated alkanes) is 6. The number of fused-ring (bicyclic) bond motifs is 12. The van der Waals surface area contributed by atoms with E-state index < -0.39 is 0 Å². The van der Waals surface area contributed by atoms with Crippen LogP contribution in [0.2, 0.25) is 0 Å². The van der Waals surface area contributed by atoms with E-state index >= 15 is 0 Å². The molecule has 0 spiro atoms.